The summed E-state index contributed by atoms with van der Waals surface area (Å²) in [7, 11) is -4.08. The van der Waals surface area contributed by atoms with Crippen LogP contribution in [0.1, 0.15) is 12.5 Å². The lowest BCUT2D eigenvalue weighted by molar-refractivity contribution is -0.115. The van der Waals surface area contributed by atoms with Gasteiger partial charge in [-0.05, 0) is 31.2 Å². The van der Waals surface area contributed by atoms with Crippen LogP contribution in [0.2, 0.25) is 5.02 Å². The number of para-hydroxylation sites is 1. The molecule has 0 saturated carbocycles. The predicted octanol–water partition coefficient (Wildman–Crippen LogP) is 2.75. The van der Waals surface area contributed by atoms with Gasteiger partial charge in [-0.15, -0.1) is 0 Å². The zero-order chi connectivity index (χ0) is 21.0. The molecular weight excluding hydrogens is 416 g/mol. The standard InChI is InChI=1S/C19H19ClN4O4S/c1-2-28-17-6-4-3-5-13(17)9-19(25)23-15-7-8-16(18(10-15)29(21,26)27)24-12-14(20)11-22-24/h3-8,10-12H,2,9H2,1H3,(H,23,25)(H2,21,26,27). The van der Waals surface area contributed by atoms with Gasteiger partial charge in [-0.2, -0.15) is 5.10 Å². The number of halogens is 1. The highest BCUT2D eigenvalue weighted by molar-refractivity contribution is 7.89. The van der Waals surface area contributed by atoms with Crippen LogP contribution in [0.15, 0.2) is 59.8 Å². The Labute approximate surface area is 173 Å². The van der Waals surface area contributed by atoms with Gasteiger partial charge in [0.15, 0.2) is 0 Å². The minimum absolute atomic E-state index is 0.0669. The minimum Gasteiger partial charge on any atom is -0.494 e. The Kier molecular flexibility index (Phi) is 6.21. The summed E-state index contributed by atoms with van der Waals surface area (Å²) in [5.74, 6) is 0.300. The number of ether oxygens (including phenoxy) is 1. The van der Waals surface area contributed by atoms with E-state index in [1.807, 2.05) is 19.1 Å². The van der Waals surface area contributed by atoms with Crippen LogP contribution in [0.5, 0.6) is 5.75 Å². The Bertz CT molecular complexity index is 1140. The molecule has 0 aliphatic rings. The van der Waals surface area contributed by atoms with Crippen molar-refractivity contribution in [2.75, 3.05) is 11.9 Å². The molecule has 0 unspecified atom stereocenters. The van der Waals surface area contributed by atoms with E-state index in [1.165, 1.54) is 29.2 Å². The third kappa shape index (κ3) is 5.14. The summed E-state index contributed by atoms with van der Waals surface area (Å²) < 4.78 is 30.9. The van der Waals surface area contributed by atoms with Crippen LogP contribution >= 0.6 is 11.6 Å². The number of carbonyl (C=O) groups is 1. The first kappa shape index (κ1) is 20.8. The molecule has 1 amide bonds. The molecule has 0 bridgehead atoms. The number of rotatable bonds is 7. The number of nitrogens with one attached hydrogen (secondary N) is 1. The molecule has 0 spiro atoms. The molecule has 29 heavy (non-hydrogen) atoms. The molecular formula is C19H19ClN4O4S. The van der Waals surface area contributed by atoms with Gasteiger partial charge in [-0.3, -0.25) is 4.79 Å². The number of amides is 1. The van der Waals surface area contributed by atoms with Gasteiger partial charge in [0.25, 0.3) is 0 Å². The topological polar surface area (TPSA) is 116 Å². The molecule has 0 atom stereocenters. The lowest BCUT2D eigenvalue weighted by Gasteiger charge is -2.12. The fourth-order valence-corrected chi connectivity index (χ4v) is 3.65. The van der Waals surface area contributed by atoms with Crippen molar-refractivity contribution in [3.05, 3.63) is 65.4 Å². The van der Waals surface area contributed by atoms with Gasteiger partial charge in [0.05, 0.1) is 29.9 Å². The SMILES string of the molecule is CCOc1ccccc1CC(=O)Nc1ccc(-n2cc(Cl)cn2)c(S(N)(=O)=O)c1. The van der Waals surface area contributed by atoms with Crippen LogP contribution in [0, 0.1) is 0 Å². The van der Waals surface area contributed by atoms with Crippen molar-refractivity contribution in [1.82, 2.24) is 9.78 Å². The highest BCUT2D eigenvalue weighted by Crippen LogP contribution is 2.25. The van der Waals surface area contributed by atoms with Gasteiger partial charge in [-0.25, -0.2) is 18.2 Å². The summed E-state index contributed by atoms with van der Waals surface area (Å²) in [6.07, 6.45) is 2.89. The van der Waals surface area contributed by atoms with Gasteiger partial charge in [-0.1, -0.05) is 29.8 Å². The molecule has 152 valence electrons. The van der Waals surface area contributed by atoms with E-state index < -0.39 is 10.0 Å². The van der Waals surface area contributed by atoms with Crippen LogP contribution in [0.4, 0.5) is 5.69 Å². The van der Waals surface area contributed by atoms with Gasteiger partial charge in [0, 0.05) is 17.4 Å². The van der Waals surface area contributed by atoms with Crippen molar-refractivity contribution in [2.24, 2.45) is 5.14 Å². The molecule has 0 fully saturated rings. The van der Waals surface area contributed by atoms with Gasteiger partial charge in [0.2, 0.25) is 15.9 Å². The predicted molar refractivity (Wildman–Crippen MR) is 110 cm³/mol. The minimum atomic E-state index is -4.08. The molecule has 3 N–H and O–H groups in total. The number of anilines is 1. The van der Waals surface area contributed by atoms with Gasteiger partial charge >= 0.3 is 0 Å². The van der Waals surface area contributed by atoms with Crippen LogP contribution in [0.3, 0.4) is 0 Å². The van der Waals surface area contributed by atoms with Crippen LogP contribution in [-0.2, 0) is 21.2 Å². The average Bonchev–Trinajstić information content (AvgIpc) is 3.09. The molecule has 3 aromatic rings. The summed E-state index contributed by atoms with van der Waals surface area (Å²) in [5, 5.41) is 12.4. The van der Waals surface area contributed by atoms with Crippen molar-refractivity contribution in [1.29, 1.82) is 0 Å². The van der Waals surface area contributed by atoms with Crippen molar-refractivity contribution in [2.45, 2.75) is 18.2 Å². The van der Waals surface area contributed by atoms with E-state index in [2.05, 4.69) is 10.4 Å². The summed E-state index contributed by atoms with van der Waals surface area (Å²) in [4.78, 5) is 12.3. The average molecular weight is 435 g/mol. The Balaban J connectivity index is 1.86. The van der Waals surface area contributed by atoms with Crippen molar-refractivity contribution >= 4 is 33.2 Å². The van der Waals surface area contributed by atoms with Crippen LogP contribution in [-0.4, -0.2) is 30.7 Å². The van der Waals surface area contributed by atoms with Crippen LogP contribution < -0.4 is 15.2 Å². The third-order valence-electron chi connectivity index (χ3n) is 3.97. The fraction of sp³-hybridized carbons (Fsp3) is 0.158. The van der Waals surface area contributed by atoms with Crippen molar-refractivity contribution in [3.63, 3.8) is 0 Å². The second-order valence-electron chi connectivity index (χ2n) is 6.10. The lowest BCUT2D eigenvalue weighted by Crippen LogP contribution is -2.18. The van der Waals surface area contributed by atoms with E-state index in [9.17, 15) is 13.2 Å². The van der Waals surface area contributed by atoms with Crippen LogP contribution in [0.25, 0.3) is 5.69 Å². The molecule has 0 radical (unpaired) electrons. The number of nitrogens with zero attached hydrogens (tertiary/aromatic N) is 2. The van der Waals surface area contributed by atoms with E-state index in [0.717, 1.165) is 5.56 Å². The second-order valence-corrected chi connectivity index (χ2v) is 8.06. The molecule has 10 heteroatoms. The molecule has 1 heterocycles. The zero-order valence-electron chi connectivity index (χ0n) is 15.5. The summed E-state index contributed by atoms with van der Waals surface area (Å²) in [5.41, 5.74) is 1.23. The Morgan fingerprint density at radius 3 is 2.69 bits per heavy atom. The monoisotopic (exact) mass is 434 g/mol. The number of benzene rings is 2. The quantitative estimate of drug-likeness (QED) is 0.593. The number of primary sulfonamides is 1. The highest BCUT2D eigenvalue weighted by Gasteiger charge is 2.18. The fourth-order valence-electron chi connectivity index (χ4n) is 2.77. The maximum Gasteiger partial charge on any atom is 0.240 e. The first-order valence-electron chi connectivity index (χ1n) is 8.66. The van der Waals surface area contributed by atoms with E-state index in [4.69, 9.17) is 21.5 Å². The maximum absolute atomic E-state index is 12.5. The maximum atomic E-state index is 12.5. The second kappa shape index (κ2) is 8.64. The van der Waals surface area contributed by atoms with E-state index in [0.29, 0.717) is 17.4 Å². The lowest BCUT2D eigenvalue weighted by atomic mass is 10.1. The van der Waals surface area contributed by atoms with E-state index in [-0.39, 0.29) is 28.6 Å². The number of sulfonamides is 1. The largest absolute Gasteiger partial charge is 0.494 e. The first-order chi connectivity index (χ1) is 13.8. The smallest absolute Gasteiger partial charge is 0.240 e. The van der Waals surface area contributed by atoms with Crippen molar-refractivity contribution in [3.8, 4) is 11.4 Å². The number of hydrogen-bond acceptors (Lipinski definition) is 5. The molecule has 0 saturated heterocycles. The Hall–Kier alpha value is -2.88. The Morgan fingerprint density at radius 1 is 1.28 bits per heavy atom. The van der Waals surface area contributed by atoms with Gasteiger partial charge < -0.3 is 10.1 Å². The molecule has 0 aliphatic carbocycles. The molecule has 0 aliphatic heterocycles. The molecule has 8 nitrogen and oxygen atoms in total. The summed E-state index contributed by atoms with van der Waals surface area (Å²) >= 11 is 5.86. The summed E-state index contributed by atoms with van der Waals surface area (Å²) in [6.45, 7) is 2.34. The molecule has 3 rings (SSSR count). The normalized spacial score (nSPS) is 11.3. The van der Waals surface area contributed by atoms with Crippen molar-refractivity contribution < 1.29 is 17.9 Å². The molecule has 1 aromatic heterocycles. The first-order valence-corrected chi connectivity index (χ1v) is 10.6. The Morgan fingerprint density at radius 2 is 2.03 bits per heavy atom. The number of nitrogens with two attached hydrogens (primary N) is 1. The number of hydrogen-bond donors (Lipinski definition) is 2. The van der Waals surface area contributed by atoms with E-state index >= 15 is 0 Å². The zero-order valence-corrected chi connectivity index (χ0v) is 17.1. The number of aromatic nitrogens is 2. The third-order valence-corrected chi connectivity index (χ3v) is 5.11. The molecule has 2 aromatic carbocycles. The van der Waals surface area contributed by atoms with Gasteiger partial charge in [0.1, 0.15) is 10.6 Å². The highest BCUT2D eigenvalue weighted by atomic mass is 35.5. The number of carbonyl (C=O) groups excluding carboxylic acids is 1. The van der Waals surface area contributed by atoms with E-state index in [1.54, 1.807) is 18.2 Å². The summed E-state index contributed by atoms with van der Waals surface area (Å²) in [6, 6.07) is 11.6.